The minimum absolute atomic E-state index is 0.0398. The van der Waals surface area contributed by atoms with Crippen LogP contribution in [0.2, 0.25) is 0 Å². The lowest BCUT2D eigenvalue weighted by molar-refractivity contribution is -0.133. The lowest BCUT2D eigenvalue weighted by atomic mass is 10.0. The predicted molar refractivity (Wildman–Crippen MR) is 38.0 cm³/mol. The van der Waals surface area contributed by atoms with E-state index in [9.17, 15) is 9.59 Å². The average molecular weight is 157 g/mol. The van der Waals surface area contributed by atoms with Crippen molar-refractivity contribution in [3.8, 4) is 0 Å². The lowest BCUT2D eigenvalue weighted by Gasteiger charge is -2.02. The Morgan fingerprint density at radius 2 is 2.55 bits per heavy atom. The molecule has 1 aliphatic heterocycles. The molecule has 1 amide bonds. The fraction of sp³-hybridized carbons (Fsp3) is 0.714. The molecule has 11 heavy (non-hydrogen) atoms. The van der Waals surface area contributed by atoms with Gasteiger partial charge >= 0.3 is 0 Å². The Labute approximate surface area is 64.9 Å². The van der Waals surface area contributed by atoms with E-state index in [-0.39, 0.29) is 18.3 Å². The summed E-state index contributed by atoms with van der Waals surface area (Å²) in [4.78, 5) is 22.0. The Kier molecular flexibility index (Phi) is 2.59. The van der Waals surface area contributed by atoms with E-state index in [1.54, 1.807) is 0 Å². The fourth-order valence-electron chi connectivity index (χ4n) is 1.14. The minimum atomic E-state index is -0.463. The van der Waals surface area contributed by atoms with Gasteiger partial charge in [0, 0.05) is 13.7 Å². The number of ketones is 1. The molecule has 1 N–H and O–H groups in total. The van der Waals surface area contributed by atoms with Crippen molar-refractivity contribution in [3.05, 3.63) is 0 Å². The van der Waals surface area contributed by atoms with Crippen LogP contribution in [0.1, 0.15) is 6.42 Å². The highest BCUT2D eigenvalue weighted by Gasteiger charge is 2.30. The maximum Gasteiger partial charge on any atom is 0.230 e. The van der Waals surface area contributed by atoms with E-state index >= 15 is 0 Å². The van der Waals surface area contributed by atoms with Gasteiger partial charge in [0.2, 0.25) is 5.91 Å². The number of ether oxygens (including phenoxy) is 1. The van der Waals surface area contributed by atoms with Crippen molar-refractivity contribution >= 4 is 11.7 Å². The Morgan fingerprint density at radius 3 is 3.00 bits per heavy atom. The summed E-state index contributed by atoms with van der Waals surface area (Å²) in [6.45, 7) is 0.650. The smallest absolute Gasteiger partial charge is 0.230 e. The first-order valence-electron chi connectivity index (χ1n) is 3.55. The predicted octanol–water partition coefficient (Wildman–Crippen LogP) is -0.662. The molecule has 0 aromatic rings. The average Bonchev–Trinajstić information content (AvgIpc) is 2.36. The van der Waals surface area contributed by atoms with Gasteiger partial charge in [-0.1, -0.05) is 0 Å². The van der Waals surface area contributed by atoms with Crippen LogP contribution in [0.3, 0.4) is 0 Å². The standard InChI is InChI=1S/C7H11NO3/c1-11-4-6(9)5-2-3-8-7(5)10/h5H,2-4H2,1H3,(H,8,10). The zero-order valence-electron chi connectivity index (χ0n) is 6.42. The molecule has 0 bridgehead atoms. The Hall–Kier alpha value is -0.900. The van der Waals surface area contributed by atoms with Crippen molar-refractivity contribution in [2.45, 2.75) is 6.42 Å². The number of hydrogen-bond acceptors (Lipinski definition) is 3. The van der Waals surface area contributed by atoms with Crippen LogP contribution in [0.4, 0.5) is 0 Å². The van der Waals surface area contributed by atoms with Gasteiger partial charge in [-0.3, -0.25) is 9.59 Å². The Morgan fingerprint density at radius 1 is 1.82 bits per heavy atom. The quantitative estimate of drug-likeness (QED) is 0.553. The van der Waals surface area contributed by atoms with Gasteiger partial charge in [-0.05, 0) is 6.42 Å². The third-order valence-electron chi connectivity index (χ3n) is 1.72. The molecular formula is C7H11NO3. The Balaban J connectivity index is 2.46. The van der Waals surface area contributed by atoms with Crippen molar-refractivity contribution in [3.63, 3.8) is 0 Å². The molecule has 1 rings (SSSR count). The highest BCUT2D eigenvalue weighted by molar-refractivity contribution is 6.03. The third kappa shape index (κ3) is 1.77. The molecule has 1 aliphatic rings. The first kappa shape index (κ1) is 8.20. The first-order valence-corrected chi connectivity index (χ1v) is 3.55. The molecule has 0 spiro atoms. The minimum Gasteiger partial charge on any atom is -0.377 e. The van der Waals surface area contributed by atoms with E-state index < -0.39 is 5.92 Å². The summed E-state index contributed by atoms with van der Waals surface area (Å²) in [5.41, 5.74) is 0. The number of methoxy groups -OCH3 is 1. The van der Waals surface area contributed by atoms with Crippen LogP contribution in [0.25, 0.3) is 0 Å². The van der Waals surface area contributed by atoms with Crippen molar-refractivity contribution < 1.29 is 14.3 Å². The lowest BCUT2D eigenvalue weighted by Crippen LogP contribution is -2.27. The summed E-state index contributed by atoms with van der Waals surface area (Å²) in [6, 6.07) is 0. The molecule has 4 nitrogen and oxygen atoms in total. The summed E-state index contributed by atoms with van der Waals surface area (Å²) >= 11 is 0. The van der Waals surface area contributed by atoms with E-state index in [0.717, 1.165) is 0 Å². The van der Waals surface area contributed by atoms with Crippen molar-refractivity contribution in [2.75, 3.05) is 20.3 Å². The zero-order chi connectivity index (χ0) is 8.27. The second kappa shape index (κ2) is 3.48. The number of Topliss-reactive ketones (excluding diaryl/α,β-unsaturated/α-hetero) is 1. The molecule has 0 aromatic carbocycles. The van der Waals surface area contributed by atoms with Crippen molar-refractivity contribution in [1.29, 1.82) is 0 Å². The third-order valence-corrected chi connectivity index (χ3v) is 1.72. The van der Waals surface area contributed by atoms with Gasteiger partial charge in [0.25, 0.3) is 0 Å². The van der Waals surface area contributed by atoms with Crippen LogP contribution in [-0.2, 0) is 14.3 Å². The van der Waals surface area contributed by atoms with Gasteiger partial charge in [-0.15, -0.1) is 0 Å². The summed E-state index contributed by atoms with van der Waals surface area (Å²) < 4.78 is 4.63. The number of nitrogens with one attached hydrogen (secondary N) is 1. The van der Waals surface area contributed by atoms with Gasteiger partial charge in [0.05, 0.1) is 0 Å². The van der Waals surface area contributed by atoms with Gasteiger partial charge < -0.3 is 10.1 Å². The molecule has 1 fully saturated rings. The van der Waals surface area contributed by atoms with E-state index in [1.165, 1.54) is 7.11 Å². The van der Waals surface area contributed by atoms with Crippen LogP contribution < -0.4 is 5.32 Å². The van der Waals surface area contributed by atoms with Gasteiger partial charge in [0.15, 0.2) is 5.78 Å². The normalized spacial score (nSPS) is 23.4. The van der Waals surface area contributed by atoms with Crippen LogP contribution >= 0.6 is 0 Å². The highest BCUT2D eigenvalue weighted by Crippen LogP contribution is 2.10. The summed E-state index contributed by atoms with van der Waals surface area (Å²) in [5, 5.41) is 2.59. The maximum atomic E-state index is 11.1. The molecular weight excluding hydrogens is 146 g/mol. The summed E-state index contributed by atoms with van der Waals surface area (Å²) in [6.07, 6.45) is 0.612. The van der Waals surface area contributed by atoms with Crippen molar-refractivity contribution in [1.82, 2.24) is 5.32 Å². The monoisotopic (exact) mass is 157 g/mol. The van der Waals surface area contributed by atoms with Crippen molar-refractivity contribution in [2.24, 2.45) is 5.92 Å². The second-order valence-electron chi connectivity index (χ2n) is 2.53. The zero-order valence-corrected chi connectivity index (χ0v) is 6.42. The van der Waals surface area contributed by atoms with Crippen LogP contribution in [0, 0.1) is 5.92 Å². The molecule has 0 aromatic heterocycles. The number of carbonyl (C=O) groups is 2. The molecule has 1 atom stereocenters. The molecule has 1 unspecified atom stereocenters. The van der Waals surface area contributed by atoms with Crippen LogP contribution in [0.15, 0.2) is 0 Å². The van der Waals surface area contributed by atoms with Gasteiger partial charge in [-0.2, -0.15) is 0 Å². The maximum absolute atomic E-state index is 11.1. The topological polar surface area (TPSA) is 55.4 Å². The number of carbonyl (C=O) groups excluding carboxylic acids is 2. The largest absolute Gasteiger partial charge is 0.377 e. The van der Waals surface area contributed by atoms with E-state index in [0.29, 0.717) is 13.0 Å². The summed E-state index contributed by atoms with van der Waals surface area (Å²) in [5.74, 6) is -0.746. The molecule has 1 heterocycles. The van der Waals surface area contributed by atoms with Gasteiger partial charge in [-0.25, -0.2) is 0 Å². The number of hydrogen-bond donors (Lipinski definition) is 1. The molecule has 4 heteroatoms. The molecule has 0 saturated carbocycles. The van der Waals surface area contributed by atoms with Crippen LogP contribution in [-0.4, -0.2) is 32.0 Å². The molecule has 62 valence electrons. The highest BCUT2D eigenvalue weighted by atomic mass is 16.5. The van der Waals surface area contributed by atoms with Gasteiger partial charge in [0.1, 0.15) is 12.5 Å². The SMILES string of the molecule is COCC(=O)C1CCNC1=O. The fourth-order valence-corrected chi connectivity index (χ4v) is 1.14. The molecule has 1 saturated heterocycles. The second-order valence-corrected chi connectivity index (χ2v) is 2.53. The number of rotatable bonds is 3. The first-order chi connectivity index (χ1) is 5.25. The molecule has 0 aliphatic carbocycles. The van der Waals surface area contributed by atoms with E-state index in [2.05, 4.69) is 10.1 Å². The van der Waals surface area contributed by atoms with Crippen LogP contribution in [0.5, 0.6) is 0 Å². The number of amides is 1. The summed E-state index contributed by atoms with van der Waals surface area (Å²) in [7, 11) is 1.45. The Bertz CT molecular complexity index is 179. The van der Waals surface area contributed by atoms with E-state index in [4.69, 9.17) is 0 Å². The van der Waals surface area contributed by atoms with E-state index in [1.807, 2.05) is 0 Å². The molecule has 0 radical (unpaired) electrons.